The Bertz CT molecular complexity index is 627. The molecule has 5 nitrogen and oxygen atoms in total. The number of hydrogen-bond donors (Lipinski definition) is 2. The lowest BCUT2D eigenvalue weighted by atomic mass is 10.0. The maximum Gasteiger partial charge on any atom is 0.335 e. The average Bonchev–Trinajstić information content (AvgIpc) is 2.99. The number of imidazole rings is 1. The molecular formula is C14H17N3O2. The summed E-state index contributed by atoms with van der Waals surface area (Å²) in [6.07, 6.45) is 2.13. The second kappa shape index (κ2) is 4.66. The van der Waals surface area contributed by atoms with Crippen molar-refractivity contribution in [3.05, 3.63) is 29.6 Å². The number of hydrogen-bond acceptors (Lipinski definition) is 3. The summed E-state index contributed by atoms with van der Waals surface area (Å²) >= 11 is 0. The zero-order valence-electron chi connectivity index (χ0n) is 10.9. The molecule has 100 valence electrons. The predicted molar refractivity (Wildman–Crippen MR) is 72.4 cm³/mol. The quantitative estimate of drug-likeness (QED) is 0.875. The van der Waals surface area contributed by atoms with E-state index in [9.17, 15) is 4.79 Å². The van der Waals surface area contributed by atoms with Crippen molar-refractivity contribution in [3.8, 4) is 0 Å². The largest absolute Gasteiger partial charge is 0.478 e. The Hall–Kier alpha value is -1.88. The average molecular weight is 259 g/mol. The zero-order chi connectivity index (χ0) is 13.4. The lowest BCUT2D eigenvalue weighted by molar-refractivity contribution is 0.0697. The van der Waals surface area contributed by atoms with Crippen LogP contribution in [0.15, 0.2) is 18.2 Å². The van der Waals surface area contributed by atoms with Gasteiger partial charge in [-0.05, 0) is 43.6 Å². The molecule has 5 heteroatoms. The van der Waals surface area contributed by atoms with E-state index in [1.165, 1.54) is 6.42 Å². The third-order valence-corrected chi connectivity index (χ3v) is 3.85. The molecule has 1 saturated heterocycles. The van der Waals surface area contributed by atoms with E-state index in [0.29, 0.717) is 11.5 Å². The monoisotopic (exact) mass is 259 g/mol. The molecule has 2 N–H and O–H groups in total. The van der Waals surface area contributed by atoms with E-state index < -0.39 is 5.97 Å². The number of carbonyl (C=O) groups is 1. The van der Waals surface area contributed by atoms with Crippen molar-refractivity contribution in [1.29, 1.82) is 0 Å². The van der Waals surface area contributed by atoms with Crippen molar-refractivity contribution >= 4 is 17.0 Å². The molecule has 0 radical (unpaired) electrons. The number of rotatable bonds is 3. The Balaban J connectivity index is 1.96. The molecule has 1 aromatic heterocycles. The summed E-state index contributed by atoms with van der Waals surface area (Å²) in [4.78, 5) is 15.6. The van der Waals surface area contributed by atoms with E-state index in [1.54, 1.807) is 12.1 Å². The number of carboxylic acid groups (broad SMARTS) is 1. The van der Waals surface area contributed by atoms with Gasteiger partial charge in [-0.15, -0.1) is 0 Å². The van der Waals surface area contributed by atoms with Crippen LogP contribution in [0, 0.1) is 5.92 Å². The van der Waals surface area contributed by atoms with Gasteiger partial charge in [-0.2, -0.15) is 0 Å². The van der Waals surface area contributed by atoms with Crippen molar-refractivity contribution in [2.75, 3.05) is 13.1 Å². The Morgan fingerprint density at radius 1 is 1.58 bits per heavy atom. The van der Waals surface area contributed by atoms with Crippen molar-refractivity contribution in [1.82, 2.24) is 14.9 Å². The number of benzene rings is 1. The van der Waals surface area contributed by atoms with Crippen LogP contribution in [0.3, 0.4) is 0 Å². The standard InChI is InChI=1S/C14H17N3O2/c1-17-12-3-2-10(14(18)19)7-11(12)16-13(17)6-9-4-5-15-8-9/h2-3,7,9,15H,4-6,8H2,1H3,(H,18,19). The normalized spacial score (nSPS) is 19.1. The fraction of sp³-hybridized carbons (Fsp3) is 0.429. The van der Waals surface area contributed by atoms with Crippen LogP contribution < -0.4 is 5.32 Å². The molecule has 1 aromatic carbocycles. The minimum Gasteiger partial charge on any atom is -0.478 e. The van der Waals surface area contributed by atoms with Crippen molar-refractivity contribution < 1.29 is 9.90 Å². The number of aryl methyl sites for hydroxylation is 1. The van der Waals surface area contributed by atoms with Gasteiger partial charge in [0.25, 0.3) is 0 Å². The number of aromatic carboxylic acids is 1. The second-order valence-corrected chi connectivity index (χ2v) is 5.16. The Kier molecular flexibility index (Phi) is 2.98. The second-order valence-electron chi connectivity index (χ2n) is 5.16. The minimum absolute atomic E-state index is 0.291. The third kappa shape index (κ3) is 2.21. The summed E-state index contributed by atoms with van der Waals surface area (Å²) < 4.78 is 2.07. The van der Waals surface area contributed by atoms with E-state index in [0.717, 1.165) is 36.4 Å². The van der Waals surface area contributed by atoms with Crippen molar-refractivity contribution in [3.63, 3.8) is 0 Å². The van der Waals surface area contributed by atoms with E-state index >= 15 is 0 Å². The lowest BCUT2D eigenvalue weighted by Crippen LogP contribution is -2.12. The van der Waals surface area contributed by atoms with Gasteiger partial charge >= 0.3 is 5.97 Å². The maximum absolute atomic E-state index is 11.0. The minimum atomic E-state index is -0.908. The van der Waals surface area contributed by atoms with Gasteiger partial charge in [0.15, 0.2) is 0 Å². The third-order valence-electron chi connectivity index (χ3n) is 3.85. The lowest BCUT2D eigenvalue weighted by Gasteiger charge is -2.07. The molecule has 0 aliphatic carbocycles. The molecule has 0 amide bonds. The van der Waals surface area contributed by atoms with Gasteiger partial charge in [0.05, 0.1) is 16.6 Å². The van der Waals surface area contributed by atoms with Crippen LogP contribution >= 0.6 is 0 Å². The topological polar surface area (TPSA) is 67.2 Å². The highest BCUT2D eigenvalue weighted by Crippen LogP contribution is 2.20. The van der Waals surface area contributed by atoms with E-state index in [4.69, 9.17) is 5.11 Å². The highest BCUT2D eigenvalue weighted by Gasteiger charge is 2.18. The first-order chi connectivity index (χ1) is 9.15. The molecule has 1 atom stereocenters. The Morgan fingerprint density at radius 2 is 2.42 bits per heavy atom. The molecule has 1 aliphatic rings. The van der Waals surface area contributed by atoms with Gasteiger partial charge in [0.1, 0.15) is 5.82 Å². The van der Waals surface area contributed by atoms with Gasteiger partial charge in [-0.1, -0.05) is 0 Å². The number of aromatic nitrogens is 2. The molecule has 3 rings (SSSR count). The SMILES string of the molecule is Cn1c(CC2CCNC2)nc2cc(C(=O)O)ccc21. The number of nitrogens with zero attached hydrogens (tertiary/aromatic N) is 2. The van der Waals surface area contributed by atoms with Gasteiger partial charge < -0.3 is 15.0 Å². The van der Waals surface area contributed by atoms with Gasteiger partial charge in [-0.3, -0.25) is 0 Å². The van der Waals surface area contributed by atoms with Gasteiger partial charge in [-0.25, -0.2) is 9.78 Å². The summed E-state index contributed by atoms with van der Waals surface area (Å²) in [6, 6.07) is 5.11. The van der Waals surface area contributed by atoms with Gasteiger partial charge in [0.2, 0.25) is 0 Å². The summed E-state index contributed by atoms with van der Waals surface area (Å²) in [6.45, 7) is 2.13. The maximum atomic E-state index is 11.0. The molecule has 1 unspecified atom stereocenters. The first-order valence-corrected chi connectivity index (χ1v) is 6.54. The van der Waals surface area contributed by atoms with Crippen LogP contribution in [0.2, 0.25) is 0 Å². The number of carboxylic acids is 1. The predicted octanol–water partition coefficient (Wildman–Crippen LogP) is 1.42. The number of nitrogens with one attached hydrogen (secondary N) is 1. The molecule has 2 heterocycles. The number of fused-ring (bicyclic) bond motifs is 1. The van der Waals surface area contributed by atoms with E-state index in [2.05, 4.69) is 14.9 Å². The van der Waals surface area contributed by atoms with Crippen LogP contribution in [0.1, 0.15) is 22.6 Å². The first kappa shape index (κ1) is 12.2. The highest BCUT2D eigenvalue weighted by atomic mass is 16.4. The van der Waals surface area contributed by atoms with Crippen molar-refractivity contribution in [2.45, 2.75) is 12.8 Å². The smallest absolute Gasteiger partial charge is 0.335 e. The fourth-order valence-electron chi connectivity index (χ4n) is 2.71. The van der Waals surface area contributed by atoms with Crippen LogP contribution in [0.4, 0.5) is 0 Å². The molecule has 1 aliphatic heterocycles. The molecule has 19 heavy (non-hydrogen) atoms. The Labute approximate surface area is 111 Å². The molecular weight excluding hydrogens is 242 g/mol. The fourth-order valence-corrected chi connectivity index (χ4v) is 2.71. The molecule has 0 saturated carbocycles. The van der Waals surface area contributed by atoms with Crippen molar-refractivity contribution in [2.24, 2.45) is 13.0 Å². The molecule has 0 spiro atoms. The first-order valence-electron chi connectivity index (χ1n) is 6.54. The summed E-state index contributed by atoms with van der Waals surface area (Å²) in [5, 5.41) is 12.4. The Morgan fingerprint density at radius 3 is 3.11 bits per heavy atom. The van der Waals surface area contributed by atoms with Crippen LogP contribution in [0.5, 0.6) is 0 Å². The van der Waals surface area contributed by atoms with Gasteiger partial charge in [0, 0.05) is 13.5 Å². The van der Waals surface area contributed by atoms with Crippen LogP contribution in [-0.4, -0.2) is 33.7 Å². The summed E-state index contributed by atoms with van der Waals surface area (Å²) in [5.41, 5.74) is 2.05. The molecule has 1 fully saturated rings. The summed E-state index contributed by atoms with van der Waals surface area (Å²) in [7, 11) is 1.99. The van der Waals surface area contributed by atoms with E-state index in [1.807, 2.05) is 13.1 Å². The van der Waals surface area contributed by atoms with Crippen LogP contribution in [-0.2, 0) is 13.5 Å². The summed E-state index contributed by atoms with van der Waals surface area (Å²) in [5.74, 6) is 0.759. The highest BCUT2D eigenvalue weighted by molar-refractivity contribution is 5.92. The molecule has 0 bridgehead atoms. The molecule has 2 aromatic rings. The zero-order valence-corrected chi connectivity index (χ0v) is 10.9. The van der Waals surface area contributed by atoms with Crippen LogP contribution in [0.25, 0.3) is 11.0 Å². The van der Waals surface area contributed by atoms with E-state index in [-0.39, 0.29) is 0 Å².